The van der Waals surface area contributed by atoms with E-state index in [9.17, 15) is 38.7 Å². The van der Waals surface area contributed by atoms with Crippen molar-refractivity contribution in [1.82, 2.24) is 46.6 Å². The normalized spacial score (nSPS) is 12.9. The molecule has 0 radical (unpaired) electrons. The van der Waals surface area contributed by atoms with Gasteiger partial charge in [-0.1, -0.05) is 0 Å². The van der Waals surface area contributed by atoms with Crippen LogP contribution in [-0.4, -0.2) is 261 Å². The van der Waals surface area contributed by atoms with E-state index in [1.165, 1.54) is 0 Å². The predicted molar refractivity (Wildman–Crippen MR) is 294 cm³/mol. The Kier molecular flexibility index (Phi) is 38.6. The van der Waals surface area contributed by atoms with Gasteiger partial charge in [0.2, 0.25) is 11.8 Å². The summed E-state index contributed by atoms with van der Waals surface area (Å²) < 4.78 is 55.3. The van der Waals surface area contributed by atoms with Crippen LogP contribution in [0.1, 0.15) is 96.9 Å². The van der Waals surface area contributed by atoms with Crippen LogP contribution in [0.3, 0.4) is 0 Å². The van der Waals surface area contributed by atoms with Crippen molar-refractivity contribution in [3.63, 3.8) is 0 Å². The first-order valence-electron chi connectivity index (χ1n) is 27.2. The lowest BCUT2D eigenvalue weighted by atomic mass is 10.2. The number of carbonyl (C=O) groups is 7. The summed E-state index contributed by atoms with van der Waals surface area (Å²) in [5.74, 6) is -1.53. The summed E-state index contributed by atoms with van der Waals surface area (Å²) in [6.07, 6.45) is -2.18. The summed E-state index contributed by atoms with van der Waals surface area (Å²) in [6.45, 7) is 30.7. The van der Waals surface area contributed by atoms with Gasteiger partial charge in [0.15, 0.2) is 0 Å². The van der Waals surface area contributed by atoms with E-state index in [1.807, 2.05) is 9.80 Å². The van der Waals surface area contributed by atoms with Gasteiger partial charge in [-0.2, -0.15) is 0 Å². The Morgan fingerprint density at radius 1 is 0.354 bits per heavy atom. The number of hydrogen-bond donors (Lipinski definition) is 7. The molecule has 2 atom stereocenters. The number of carboxylic acid groups (broad SMARTS) is 1. The van der Waals surface area contributed by atoms with Crippen LogP contribution in [0.5, 0.6) is 0 Å². The monoisotopic (exact) mass is 1140 g/mol. The zero-order valence-electron chi connectivity index (χ0n) is 50.1. The highest BCUT2D eigenvalue weighted by molar-refractivity contribution is 5.81. The SMILES string of the molecule is C[C@@H](C(=O)NCCOCCN(CCOCCNC(=O)[C@H](C)N(CCOCCNC(=O)OC(C)(C)C)CCOCCNC(=O)OC(C)(C)C)CC(=O)O)N(CCOCCNC(=O)OC(C)(C)C)CCOCCNC(=O)OC(C)(C)C. The van der Waals surface area contributed by atoms with Crippen LogP contribution in [0.15, 0.2) is 0 Å². The van der Waals surface area contributed by atoms with Gasteiger partial charge in [0, 0.05) is 78.5 Å². The van der Waals surface area contributed by atoms with Crippen LogP contribution in [0.4, 0.5) is 19.2 Å². The minimum absolute atomic E-state index is 0.174. The summed E-state index contributed by atoms with van der Waals surface area (Å²) in [7, 11) is 0. The predicted octanol–water partition coefficient (Wildman–Crippen LogP) is 2.18. The number of nitrogens with one attached hydrogen (secondary N) is 6. The van der Waals surface area contributed by atoms with Gasteiger partial charge in [-0.25, -0.2) is 19.2 Å². The molecule has 27 nitrogen and oxygen atoms in total. The van der Waals surface area contributed by atoms with Gasteiger partial charge >= 0.3 is 30.3 Å². The number of hydrogen-bond acceptors (Lipinski definition) is 20. The lowest BCUT2D eigenvalue weighted by molar-refractivity contribution is -0.138. The van der Waals surface area contributed by atoms with Crippen LogP contribution in [0, 0.1) is 0 Å². The van der Waals surface area contributed by atoms with Crippen LogP contribution in [-0.2, 0) is 61.8 Å². The summed E-state index contributed by atoms with van der Waals surface area (Å²) in [5, 5.41) is 25.8. The Morgan fingerprint density at radius 2 is 0.570 bits per heavy atom. The van der Waals surface area contributed by atoms with Gasteiger partial charge in [0.25, 0.3) is 0 Å². The van der Waals surface area contributed by atoms with Gasteiger partial charge in [0.1, 0.15) is 22.4 Å². The average Bonchev–Trinajstić information content (AvgIpc) is 3.30. The standard InChI is InChI=1S/C52H101N9O18/c1-40(60(23-35-72-29-17-55-45(66)76-49(3,4)5)24-36-73-30-18-56-46(67)77-50(6,7)8)43(64)53-15-27-70-33-21-59(39-42(62)63)22-34-71-28-16-54-44(65)41(2)61(25-37-74-31-19-57-47(68)78-51(9,10)11)26-38-75-32-20-58-48(69)79-52(12,13)14/h40-41H,15-39H2,1-14H3,(H,53,64)(H,54,65)(H,55,66)(H,56,67)(H,57,68)(H,58,69)(H,62,63)/t40-,41-/m0/s1. The van der Waals surface area contributed by atoms with Gasteiger partial charge in [-0.3, -0.25) is 29.1 Å². The van der Waals surface area contributed by atoms with Gasteiger partial charge in [-0.15, -0.1) is 0 Å². The second kappa shape index (κ2) is 41.2. The molecule has 0 rings (SSSR count). The molecule has 0 aliphatic rings. The molecule has 0 aromatic carbocycles. The van der Waals surface area contributed by atoms with Crippen molar-refractivity contribution in [3.05, 3.63) is 0 Å². The lowest BCUT2D eigenvalue weighted by Gasteiger charge is -2.28. The molecule has 0 saturated heterocycles. The fraction of sp³-hybridized carbons (Fsp3) is 0.865. The Hall–Kier alpha value is -4.87. The van der Waals surface area contributed by atoms with Crippen molar-refractivity contribution in [2.45, 2.75) is 131 Å². The zero-order chi connectivity index (χ0) is 59.9. The molecule has 462 valence electrons. The van der Waals surface area contributed by atoms with Crippen LogP contribution in [0.2, 0.25) is 0 Å². The molecule has 0 fully saturated rings. The molecule has 0 spiro atoms. The van der Waals surface area contributed by atoms with Crippen molar-refractivity contribution < 1.29 is 86.0 Å². The molecule has 79 heavy (non-hydrogen) atoms. The maximum atomic E-state index is 13.2. The third kappa shape index (κ3) is 46.6. The quantitative estimate of drug-likeness (QED) is 0.0340. The minimum atomic E-state index is -1.02. The number of aliphatic carboxylic acids is 1. The molecule has 0 aromatic heterocycles. The maximum Gasteiger partial charge on any atom is 0.407 e. The number of rotatable bonds is 42. The average molecular weight is 1140 g/mol. The minimum Gasteiger partial charge on any atom is -0.480 e. The van der Waals surface area contributed by atoms with Gasteiger partial charge in [0.05, 0.1) is 97.9 Å². The number of amides is 6. The molecular weight excluding hydrogens is 1040 g/mol. The number of nitrogens with zero attached hydrogens (tertiary/aromatic N) is 3. The lowest BCUT2D eigenvalue weighted by Crippen LogP contribution is -2.48. The first-order valence-corrected chi connectivity index (χ1v) is 27.2. The molecule has 0 aliphatic heterocycles. The number of ether oxygens (including phenoxy) is 10. The van der Waals surface area contributed by atoms with Crippen molar-refractivity contribution in [3.8, 4) is 0 Å². The summed E-state index contributed by atoms with van der Waals surface area (Å²) >= 11 is 0. The van der Waals surface area contributed by atoms with Crippen LogP contribution >= 0.6 is 0 Å². The number of carboxylic acids is 1. The van der Waals surface area contributed by atoms with E-state index < -0.39 is 64.8 Å². The van der Waals surface area contributed by atoms with E-state index in [0.717, 1.165) is 0 Å². The van der Waals surface area contributed by atoms with E-state index in [1.54, 1.807) is 102 Å². The fourth-order valence-corrected chi connectivity index (χ4v) is 6.46. The summed E-state index contributed by atoms with van der Waals surface area (Å²) in [6, 6.07) is -1.16. The molecule has 0 aliphatic carbocycles. The number of alkyl carbamates (subject to hydrolysis) is 4. The van der Waals surface area contributed by atoms with Crippen LogP contribution < -0.4 is 31.9 Å². The van der Waals surface area contributed by atoms with E-state index in [2.05, 4.69) is 31.9 Å². The van der Waals surface area contributed by atoms with Crippen molar-refractivity contribution in [2.75, 3.05) is 164 Å². The van der Waals surface area contributed by atoms with E-state index in [0.29, 0.717) is 26.2 Å². The summed E-state index contributed by atoms with van der Waals surface area (Å²) in [5.41, 5.74) is -2.50. The molecule has 0 saturated carbocycles. The highest BCUT2D eigenvalue weighted by atomic mass is 16.6. The smallest absolute Gasteiger partial charge is 0.407 e. The third-order valence-electron chi connectivity index (χ3n) is 10.2. The molecule has 27 heteroatoms. The highest BCUT2D eigenvalue weighted by Crippen LogP contribution is 2.09. The second-order valence-corrected chi connectivity index (χ2v) is 22.1. The maximum absolute atomic E-state index is 13.2. The van der Waals surface area contributed by atoms with Gasteiger partial charge in [-0.05, 0) is 96.9 Å². The first kappa shape index (κ1) is 74.1. The molecule has 6 amide bonds. The molecular formula is C52H101N9O18. The molecule has 0 aromatic rings. The third-order valence-corrected chi connectivity index (χ3v) is 10.2. The first-order chi connectivity index (χ1) is 36.9. The van der Waals surface area contributed by atoms with E-state index >= 15 is 0 Å². The Labute approximate surface area is 469 Å². The van der Waals surface area contributed by atoms with Crippen molar-refractivity contribution in [2.24, 2.45) is 0 Å². The highest BCUT2D eigenvalue weighted by Gasteiger charge is 2.24. The fourth-order valence-electron chi connectivity index (χ4n) is 6.46. The summed E-state index contributed by atoms with van der Waals surface area (Å²) in [4.78, 5) is 91.4. The molecule has 0 heterocycles. The molecule has 7 N–H and O–H groups in total. The second-order valence-electron chi connectivity index (χ2n) is 22.1. The topological polar surface area (TPSA) is 314 Å². The zero-order valence-corrected chi connectivity index (χ0v) is 50.1. The van der Waals surface area contributed by atoms with Gasteiger partial charge < -0.3 is 84.4 Å². The van der Waals surface area contributed by atoms with E-state index in [-0.39, 0.29) is 150 Å². The van der Waals surface area contributed by atoms with Crippen molar-refractivity contribution >= 4 is 42.2 Å². The van der Waals surface area contributed by atoms with Crippen molar-refractivity contribution in [1.29, 1.82) is 0 Å². The Balaban J connectivity index is 4.99. The van der Waals surface area contributed by atoms with E-state index in [4.69, 9.17) is 47.4 Å². The number of carbonyl (C=O) groups excluding carboxylic acids is 6. The Morgan fingerprint density at radius 3 is 0.785 bits per heavy atom. The largest absolute Gasteiger partial charge is 0.480 e. The molecule has 0 unspecified atom stereocenters. The molecule has 0 bridgehead atoms. The van der Waals surface area contributed by atoms with Crippen LogP contribution in [0.25, 0.3) is 0 Å². The Bertz CT molecular complexity index is 1530.